The van der Waals surface area contributed by atoms with Crippen LogP contribution in [0.1, 0.15) is 10.4 Å². The number of aromatic nitrogens is 1. The Morgan fingerprint density at radius 1 is 1.05 bits per heavy atom. The van der Waals surface area contributed by atoms with Crippen LogP contribution in [-0.4, -0.2) is 28.7 Å². The van der Waals surface area contributed by atoms with Gasteiger partial charge in [0.25, 0.3) is 5.91 Å². The van der Waals surface area contributed by atoms with E-state index >= 15 is 0 Å². The summed E-state index contributed by atoms with van der Waals surface area (Å²) in [6.45, 7) is 0. The van der Waals surface area contributed by atoms with Crippen molar-refractivity contribution in [3.8, 4) is 0 Å². The summed E-state index contributed by atoms with van der Waals surface area (Å²) in [4.78, 5) is 25.1. The zero-order valence-electron chi connectivity index (χ0n) is 11.9. The van der Waals surface area contributed by atoms with Crippen molar-refractivity contribution in [3.05, 3.63) is 66.4 Å². The van der Waals surface area contributed by atoms with Gasteiger partial charge >= 0.3 is 6.09 Å². The third-order valence-electron chi connectivity index (χ3n) is 3.59. The van der Waals surface area contributed by atoms with E-state index in [1.54, 1.807) is 48.3 Å². The number of carbonyl (C=O) groups is 2. The van der Waals surface area contributed by atoms with E-state index in [0.29, 0.717) is 16.8 Å². The standard InChI is InChI=1S/C17H14N2O3/c1-18(16(20)12-5-3-2-4-6-12)14-7-8-15-13(11-14)9-10-19(15)17(21)22/h2-11H,1H3,(H,21,22). The molecule has 0 fully saturated rings. The fourth-order valence-corrected chi connectivity index (χ4v) is 2.40. The van der Waals surface area contributed by atoms with Crippen LogP contribution in [0, 0.1) is 0 Å². The van der Waals surface area contributed by atoms with Gasteiger partial charge in [0.1, 0.15) is 0 Å². The highest BCUT2D eigenvalue weighted by Crippen LogP contribution is 2.23. The first-order valence-corrected chi connectivity index (χ1v) is 6.75. The number of hydrogen-bond acceptors (Lipinski definition) is 2. The molecule has 22 heavy (non-hydrogen) atoms. The number of carbonyl (C=O) groups excluding carboxylic acids is 1. The van der Waals surface area contributed by atoms with Gasteiger partial charge in [-0.05, 0) is 36.4 Å². The van der Waals surface area contributed by atoms with Gasteiger partial charge in [0.05, 0.1) is 5.52 Å². The second-order valence-electron chi connectivity index (χ2n) is 4.94. The molecule has 1 amide bonds. The number of amides is 1. The van der Waals surface area contributed by atoms with Gasteiger partial charge in [-0.3, -0.25) is 9.36 Å². The van der Waals surface area contributed by atoms with Crippen LogP contribution < -0.4 is 4.90 Å². The van der Waals surface area contributed by atoms with Crippen molar-refractivity contribution in [2.75, 3.05) is 11.9 Å². The van der Waals surface area contributed by atoms with Gasteiger partial charge in [-0.1, -0.05) is 18.2 Å². The minimum absolute atomic E-state index is 0.113. The Bertz CT molecular complexity index is 853. The normalized spacial score (nSPS) is 10.6. The number of fused-ring (bicyclic) bond motifs is 1. The Kier molecular flexibility index (Phi) is 3.39. The molecule has 0 unspecified atom stereocenters. The molecule has 1 heterocycles. The van der Waals surface area contributed by atoms with Crippen molar-refractivity contribution in [3.63, 3.8) is 0 Å². The topological polar surface area (TPSA) is 62.5 Å². The molecule has 0 radical (unpaired) electrons. The lowest BCUT2D eigenvalue weighted by Crippen LogP contribution is -2.26. The van der Waals surface area contributed by atoms with Crippen molar-refractivity contribution < 1.29 is 14.7 Å². The Morgan fingerprint density at radius 3 is 2.45 bits per heavy atom. The Morgan fingerprint density at radius 2 is 1.77 bits per heavy atom. The maximum absolute atomic E-state index is 12.4. The predicted molar refractivity (Wildman–Crippen MR) is 84.5 cm³/mol. The van der Waals surface area contributed by atoms with Crippen LogP contribution in [0.3, 0.4) is 0 Å². The maximum atomic E-state index is 12.4. The molecular formula is C17H14N2O3. The Balaban J connectivity index is 1.96. The third kappa shape index (κ3) is 2.33. The molecule has 2 aromatic carbocycles. The van der Waals surface area contributed by atoms with E-state index in [1.165, 1.54) is 6.20 Å². The number of carboxylic acid groups (broad SMARTS) is 1. The molecule has 0 aliphatic rings. The largest absolute Gasteiger partial charge is 0.464 e. The van der Waals surface area contributed by atoms with E-state index in [9.17, 15) is 9.59 Å². The number of benzene rings is 2. The van der Waals surface area contributed by atoms with Crippen molar-refractivity contribution >= 4 is 28.6 Å². The summed E-state index contributed by atoms with van der Waals surface area (Å²) in [5.41, 5.74) is 1.91. The van der Waals surface area contributed by atoms with Crippen LogP contribution in [0.25, 0.3) is 10.9 Å². The highest BCUT2D eigenvalue weighted by atomic mass is 16.4. The van der Waals surface area contributed by atoms with Crippen LogP contribution in [-0.2, 0) is 0 Å². The van der Waals surface area contributed by atoms with E-state index in [1.807, 2.05) is 18.2 Å². The molecule has 0 saturated heterocycles. The Hall–Kier alpha value is -3.08. The summed E-state index contributed by atoms with van der Waals surface area (Å²) in [5.74, 6) is -0.113. The van der Waals surface area contributed by atoms with Crippen molar-refractivity contribution in [1.82, 2.24) is 4.57 Å². The van der Waals surface area contributed by atoms with Crippen LogP contribution >= 0.6 is 0 Å². The molecule has 0 aliphatic heterocycles. The molecular weight excluding hydrogens is 280 g/mol. The molecule has 110 valence electrons. The van der Waals surface area contributed by atoms with Gasteiger partial charge in [-0.15, -0.1) is 0 Å². The lowest BCUT2D eigenvalue weighted by molar-refractivity contribution is 0.0993. The van der Waals surface area contributed by atoms with Gasteiger partial charge in [0.15, 0.2) is 0 Å². The molecule has 0 aliphatic carbocycles. The van der Waals surface area contributed by atoms with Crippen LogP contribution in [0.15, 0.2) is 60.8 Å². The van der Waals surface area contributed by atoms with Gasteiger partial charge in [-0.2, -0.15) is 0 Å². The number of nitrogens with zero attached hydrogens (tertiary/aromatic N) is 2. The van der Waals surface area contributed by atoms with E-state index in [4.69, 9.17) is 5.11 Å². The summed E-state index contributed by atoms with van der Waals surface area (Å²) >= 11 is 0. The first-order valence-electron chi connectivity index (χ1n) is 6.75. The quantitative estimate of drug-likeness (QED) is 0.787. The molecule has 0 spiro atoms. The van der Waals surface area contributed by atoms with Crippen LogP contribution in [0.2, 0.25) is 0 Å². The second-order valence-corrected chi connectivity index (χ2v) is 4.94. The lowest BCUT2D eigenvalue weighted by Gasteiger charge is -2.17. The molecule has 3 aromatic rings. The highest BCUT2D eigenvalue weighted by Gasteiger charge is 2.14. The SMILES string of the molecule is CN(C(=O)c1ccccc1)c1ccc2c(ccn2C(=O)O)c1. The highest BCUT2D eigenvalue weighted by molar-refractivity contribution is 6.06. The van der Waals surface area contributed by atoms with Crippen molar-refractivity contribution in [2.45, 2.75) is 0 Å². The van der Waals surface area contributed by atoms with Crippen molar-refractivity contribution in [1.29, 1.82) is 0 Å². The molecule has 1 aromatic heterocycles. The molecule has 3 rings (SSSR count). The summed E-state index contributed by atoms with van der Waals surface area (Å²) in [6, 6.07) is 16.0. The van der Waals surface area contributed by atoms with E-state index in [-0.39, 0.29) is 5.91 Å². The predicted octanol–water partition coefficient (Wildman–Crippen LogP) is 3.44. The zero-order valence-corrected chi connectivity index (χ0v) is 11.9. The maximum Gasteiger partial charge on any atom is 0.415 e. The smallest absolute Gasteiger partial charge is 0.415 e. The molecule has 0 atom stereocenters. The van der Waals surface area contributed by atoms with Gasteiger partial charge in [-0.25, -0.2) is 4.79 Å². The first kappa shape index (κ1) is 13.9. The summed E-state index contributed by atoms with van der Waals surface area (Å²) in [7, 11) is 1.70. The Labute approximate surface area is 127 Å². The zero-order chi connectivity index (χ0) is 15.7. The third-order valence-corrected chi connectivity index (χ3v) is 3.59. The van der Waals surface area contributed by atoms with Crippen LogP contribution in [0.5, 0.6) is 0 Å². The molecule has 0 bridgehead atoms. The fourth-order valence-electron chi connectivity index (χ4n) is 2.40. The van der Waals surface area contributed by atoms with E-state index < -0.39 is 6.09 Å². The summed E-state index contributed by atoms with van der Waals surface area (Å²) < 4.78 is 1.15. The average Bonchev–Trinajstić information content (AvgIpc) is 2.97. The van der Waals surface area contributed by atoms with Crippen LogP contribution in [0.4, 0.5) is 10.5 Å². The fraction of sp³-hybridized carbons (Fsp3) is 0.0588. The van der Waals surface area contributed by atoms with E-state index in [2.05, 4.69) is 0 Å². The molecule has 0 saturated carbocycles. The van der Waals surface area contributed by atoms with Gasteiger partial charge in [0.2, 0.25) is 0 Å². The van der Waals surface area contributed by atoms with Gasteiger partial charge < -0.3 is 10.0 Å². The monoisotopic (exact) mass is 294 g/mol. The first-order chi connectivity index (χ1) is 10.6. The summed E-state index contributed by atoms with van der Waals surface area (Å²) in [6.07, 6.45) is 0.465. The molecule has 5 heteroatoms. The summed E-state index contributed by atoms with van der Waals surface area (Å²) in [5, 5.41) is 9.86. The number of hydrogen-bond donors (Lipinski definition) is 1. The number of anilines is 1. The van der Waals surface area contributed by atoms with E-state index in [0.717, 1.165) is 9.95 Å². The average molecular weight is 294 g/mol. The van der Waals surface area contributed by atoms with Crippen molar-refractivity contribution in [2.24, 2.45) is 0 Å². The van der Waals surface area contributed by atoms with Gasteiger partial charge in [0, 0.05) is 29.9 Å². The second kappa shape index (κ2) is 5.37. The minimum Gasteiger partial charge on any atom is -0.464 e. The number of rotatable bonds is 2. The molecule has 5 nitrogen and oxygen atoms in total. The molecule has 1 N–H and O–H groups in total. The minimum atomic E-state index is -1.03. The lowest BCUT2D eigenvalue weighted by atomic mass is 10.1.